The average molecular weight is 435 g/mol. The molecule has 0 amide bonds. The van der Waals surface area contributed by atoms with Gasteiger partial charge in [-0.05, 0) is 55.1 Å². The highest BCUT2D eigenvalue weighted by molar-refractivity contribution is 6.04. The Morgan fingerprint density at radius 2 is 2.00 bits per heavy atom. The second-order valence-electron chi connectivity index (χ2n) is 10.4. The summed E-state index contributed by atoms with van der Waals surface area (Å²) in [5.74, 6) is -3.24. The predicted molar refractivity (Wildman–Crippen MR) is 109 cm³/mol. The Bertz CT molecular complexity index is 908. The number of carbonyl (C=O) groups is 3. The Balaban J connectivity index is 1.72. The maximum atomic E-state index is 14.7. The lowest BCUT2D eigenvalue weighted by molar-refractivity contribution is -0.186. The van der Waals surface area contributed by atoms with Gasteiger partial charge in [-0.15, -0.1) is 0 Å². The molecule has 0 aromatic heterocycles. The first-order valence-electron chi connectivity index (χ1n) is 11.1. The number of ketones is 2. The van der Waals surface area contributed by atoms with E-state index in [9.17, 15) is 29.0 Å². The van der Waals surface area contributed by atoms with E-state index in [1.807, 2.05) is 20.8 Å². The number of halogens is 1. The molecule has 170 valence electrons. The number of aliphatic hydroxyl groups is 2. The van der Waals surface area contributed by atoms with Gasteiger partial charge in [-0.2, -0.15) is 0 Å². The summed E-state index contributed by atoms with van der Waals surface area (Å²) in [5.41, 5.74) is -2.93. The summed E-state index contributed by atoms with van der Waals surface area (Å²) < 4.78 is 19.6. The van der Waals surface area contributed by atoms with E-state index in [0.29, 0.717) is 24.8 Å². The molecule has 2 N–H and O–H groups in total. The van der Waals surface area contributed by atoms with Crippen molar-refractivity contribution in [1.29, 1.82) is 0 Å². The van der Waals surface area contributed by atoms with Crippen molar-refractivity contribution < 1.29 is 33.7 Å². The average Bonchev–Trinajstić information content (AvgIpc) is 2.90. The third-order valence-electron chi connectivity index (χ3n) is 9.00. The van der Waals surface area contributed by atoms with Crippen LogP contribution in [0.3, 0.4) is 0 Å². The van der Waals surface area contributed by atoms with Crippen LogP contribution < -0.4 is 0 Å². The number of ether oxygens (including phenoxy) is 1. The van der Waals surface area contributed by atoms with E-state index in [0.717, 1.165) is 0 Å². The number of rotatable bonds is 3. The van der Waals surface area contributed by atoms with Crippen molar-refractivity contribution in [2.75, 3.05) is 6.61 Å². The predicted octanol–water partition coefficient (Wildman–Crippen LogP) is 2.67. The zero-order valence-corrected chi connectivity index (χ0v) is 18.5. The second-order valence-corrected chi connectivity index (χ2v) is 10.4. The van der Waals surface area contributed by atoms with Gasteiger partial charge in [0.25, 0.3) is 0 Å². The van der Waals surface area contributed by atoms with Crippen molar-refractivity contribution in [3.8, 4) is 0 Å². The fraction of sp³-hybridized carbons (Fsp3) is 0.708. The smallest absolute Gasteiger partial charge is 0.303 e. The van der Waals surface area contributed by atoms with Crippen LogP contribution in [0.2, 0.25) is 0 Å². The Morgan fingerprint density at radius 3 is 2.65 bits per heavy atom. The zero-order chi connectivity index (χ0) is 22.9. The number of hydrogen-bond donors (Lipinski definition) is 2. The Morgan fingerprint density at radius 1 is 1.32 bits per heavy atom. The van der Waals surface area contributed by atoms with Crippen LogP contribution in [-0.4, -0.2) is 46.1 Å². The summed E-state index contributed by atoms with van der Waals surface area (Å²) in [6, 6.07) is 0. The highest BCUT2D eigenvalue weighted by Crippen LogP contribution is 2.68. The lowest BCUT2D eigenvalue weighted by Crippen LogP contribution is -2.63. The SMILES string of the molecule is CC(=O)OCC(=O)[C@@]1(O)[C@@H](C)C[C@H]2[C@@H]3CCC4=C(F)C(=O)C=C[C@]4(C)[C@H]3[C@@H](O)C[C@@]21C. The number of Topliss-reactive ketones (excluding diaryl/α,β-unsaturated/α-hetero) is 1. The highest BCUT2D eigenvalue weighted by Gasteiger charge is 2.70. The molecule has 0 spiro atoms. The monoisotopic (exact) mass is 434 g/mol. The minimum absolute atomic E-state index is 0.0360. The number of allylic oxidation sites excluding steroid dienone is 4. The van der Waals surface area contributed by atoms with Crippen molar-refractivity contribution >= 4 is 17.5 Å². The summed E-state index contributed by atoms with van der Waals surface area (Å²) in [7, 11) is 0. The summed E-state index contributed by atoms with van der Waals surface area (Å²) >= 11 is 0. The molecule has 3 fully saturated rings. The molecule has 6 nitrogen and oxygen atoms in total. The molecule has 0 bridgehead atoms. The number of aliphatic hydroxyl groups excluding tert-OH is 1. The van der Waals surface area contributed by atoms with Gasteiger partial charge in [-0.25, -0.2) is 4.39 Å². The summed E-state index contributed by atoms with van der Waals surface area (Å²) in [6.45, 7) is 6.27. The van der Waals surface area contributed by atoms with Crippen LogP contribution in [0.25, 0.3) is 0 Å². The highest BCUT2D eigenvalue weighted by atomic mass is 19.1. The molecule has 4 aliphatic rings. The van der Waals surface area contributed by atoms with E-state index >= 15 is 0 Å². The lowest BCUT2D eigenvalue weighted by Gasteiger charge is -2.59. The summed E-state index contributed by atoms with van der Waals surface area (Å²) in [5, 5.41) is 23.0. The van der Waals surface area contributed by atoms with Gasteiger partial charge in [0, 0.05) is 23.7 Å². The standard InChI is InChI=1S/C24H31FO6/c1-12-9-16-14-5-6-15-21(25)17(27)7-8-22(15,3)20(14)18(28)10-23(16,4)24(12,30)19(29)11-31-13(2)26/h7-8,12,14,16,18,20,28,30H,5-6,9-11H2,1-4H3/t12-,14-,16-,18-,20+,22-,23-,24-/m0/s1. The largest absolute Gasteiger partial charge is 0.458 e. The molecule has 0 aliphatic heterocycles. The van der Waals surface area contributed by atoms with Gasteiger partial charge in [-0.3, -0.25) is 14.4 Å². The zero-order valence-electron chi connectivity index (χ0n) is 18.5. The fourth-order valence-electron chi connectivity index (χ4n) is 7.61. The van der Waals surface area contributed by atoms with Gasteiger partial charge in [0.15, 0.2) is 12.4 Å². The molecule has 0 saturated heterocycles. The van der Waals surface area contributed by atoms with Crippen molar-refractivity contribution in [3.63, 3.8) is 0 Å². The maximum absolute atomic E-state index is 14.7. The Kier molecular flexibility index (Phi) is 5.10. The van der Waals surface area contributed by atoms with Crippen LogP contribution in [0.5, 0.6) is 0 Å². The first kappa shape index (κ1) is 22.3. The normalized spacial score (nSPS) is 46.3. The molecule has 8 atom stereocenters. The van der Waals surface area contributed by atoms with Crippen LogP contribution in [0.15, 0.2) is 23.6 Å². The number of carbonyl (C=O) groups excluding carboxylic acids is 3. The molecular weight excluding hydrogens is 403 g/mol. The number of esters is 1. The van der Waals surface area contributed by atoms with E-state index in [-0.39, 0.29) is 30.1 Å². The van der Waals surface area contributed by atoms with E-state index < -0.39 is 52.5 Å². The molecule has 7 heteroatoms. The van der Waals surface area contributed by atoms with Gasteiger partial charge < -0.3 is 14.9 Å². The first-order chi connectivity index (χ1) is 14.4. The van der Waals surface area contributed by atoms with E-state index in [2.05, 4.69) is 0 Å². The third-order valence-corrected chi connectivity index (χ3v) is 9.00. The summed E-state index contributed by atoms with van der Waals surface area (Å²) in [4.78, 5) is 36.2. The van der Waals surface area contributed by atoms with Crippen LogP contribution in [0.4, 0.5) is 4.39 Å². The van der Waals surface area contributed by atoms with Crippen LogP contribution >= 0.6 is 0 Å². The maximum Gasteiger partial charge on any atom is 0.303 e. The Labute approximate surface area is 181 Å². The fourth-order valence-corrected chi connectivity index (χ4v) is 7.61. The van der Waals surface area contributed by atoms with Crippen molar-refractivity contribution in [3.05, 3.63) is 23.6 Å². The lowest BCUT2D eigenvalue weighted by atomic mass is 9.46. The minimum atomic E-state index is -1.72. The van der Waals surface area contributed by atoms with E-state index in [1.54, 1.807) is 6.08 Å². The molecule has 0 aromatic rings. The number of hydrogen-bond acceptors (Lipinski definition) is 6. The van der Waals surface area contributed by atoms with Gasteiger partial charge >= 0.3 is 5.97 Å². The quantitative estimate of drug-likeness (QED) is 0.663. The van der Waals surface area contributed by atoms with E-state index in [4.69, 9.17) is 4.74 Å². The molecule has 31 heavy (non-hydrogen) atoms. The molecule has 0 aromatic carbocycles. The van der Waals surface area contributed by atoms with Crippen molar-refractivity contribution in [2.24, 2.45) is 34.5 Å². The van der Waals surface area contributed by atoms with Crippen molar-refractivity contribution in [2.45, 2.75) is 65.1 Å². The third kappa shape index (κ3) is 2.85. The molecule has 0 unspecified atom stereocenters. The molecule has 0 heterocycles. The van der Waals surface area contributed by atoms with Gasteiger partial charge in [0.05, 0.1) is 6.10 Å². The summed E-state index contributed by atoms with van der Waals surface area (Å²) in [6.07, 6.45) is 3.88. The van der Waals surface area contributed by atoms with Gasteiger partial charge in [0.2, 0.25) is 11.6 Å². The van der Waals surface area contributed by atoms with Crippen LogP contribution in [0, 0.1) is 34.5 Å². The molecule has 4 aliphatic carbocycles. The van der Waals surface area contributed by atoms with Crippen LogP contribution in [-0.2, 0) is 19.1 Å². The van der Waals surface area contributed by atoms with E-state index in [1.165, 1.54) is 13.0 Å². The second kappa shape index (κ2) is 7.07. The topological polar surface area (TPSA) is 101 Å². The van der Waals surface area contributed by atoms with Gasteiger partial charge in [-0.1, -0.05) is 26.8 Å². The Hall–Kier alpha value is -1.86. The van der Waals surface area contributed by atoms with Crippen molar-refractivity contribution in [1.82, 2.24) is 0 Å². The molecule has 3 saturated carbocycles. The van der Waals surface area contributed by atoms with Crippen LogP contribution in [0.1, 0.15) is 53.4 Å². The first-order valence-corrected chi connectivity index (χ1v) is 11.1. The minimum Gasteiger partial charge on any atom is -0.458 e. The van der Waals surface area contributed by atoms with Gasteiger partial charge in [0.1, 0.15) is 5.60 Å². The molecule has 4 rings (SSSR count). The molecular formula is C24H31FO6. The number of fused-ring (bicyclic) bond motifs is 5. The molecule has 0 radical (unpaired) electrons.